The van der Waals surface area contributed by atoms with Gasteiger partial charge in [-0.2, -0.15) is 0 Å². The Morgan fingerprint density at radius 3 is 2.44 bits per heavy atom. The van der Waals surface area contributed by atoms with Crippen molar-refractivity contribution in [2.24, 2.45) is 4.99 Å². The molecule has 0 fully saturated rings. The molecule has 0 saturated heterocycles. The topological polar surface area (TPSA) is 64.1 Å². The number of benzene rings is 1. The number of halogens is 1. The highest BCUT2D eigenvalue weighted by molar-refractivity contribution is 14.0. The summed E-state index contributed by atoms with van der Waals surface area (Å²) < 4.78 is 16.1. The van der Waals surface area contributed by atoms with E-state index in [0.29, 0.717) is 19.8 Å². The lowest BCUT2D eigenvalue weighted by Crippen LogP contribution is -2.38. The highest BCUT2D eigenvalue weighted by Gasteiger charge is 2.00. The third-order valence-electron chi connectivity index (χ3n) is 3.49. The first-order chi connectivity index (χ1) is 12.7. The Morgan fingerprint density at radius 2 is 1.81 bits per heavy atom. The number of ether oxygens (including phenoxy) is 3. The van der Waals surface area contributed by atoms with E-state index in [4.69, 9.17) is 14.2 Å². The maximum absolute atomic E-state index is 5.67. The molecule has 1 rings (SSSR count). The molecule has 0 aliphatic heterocycles. The minimum absolute atomic E-state index is 0. The molecular weight excluding hydrogens is 457 g/mol. The number of nitrogens with zero attached hydrogens (tertiary/aromatic N) is 1. The van der Waals surface area contributed by atoms with Gasteiger partial charge in [-0.1, -0.05) is 12.1 Å². The van der Waals surface area contributed by atoms with E-state index in [1.165, 1.54) is 5.56 Å². The van der Waals surface area contributed by atoms with Crippen molar-refractivity contribution in [2.45, 2.75) is 39.7 Å². The largest absolute Gasteiger partial charge is 0.491 e. The van der Waals surface area contributed by atoms with Gasteiger partial charge in [0.2, 0.25) is 0 Å². The SMILES string of the molecule is CCNC(=NCCCOCCOC)NCCc1ccc(OC(C)C)cc1.I. The second kappa shape index (κ2) is 17.1. The van der Waals surface area contributed by atoms with Crippen molar-refractivity contribution in [3.8, 4) is 5.75 Å². The molecule has 7 heteroatoms. The van der Waals surface area contributed by atoms with Crippen LogP contribution in [0.25, 0.3) is 0 Å². The van der Waals surface area contributed by atoms with Crippen molar-refractivity contribution in [1.29, 1.82) is 0 Å². The maximum atomic E-state index is 5.67. The van der Waals surface area contributed by atoms with Gasteiger partial charge in [-0.15, -0.1) is 24.0 Å². The molecule has 0 bridgehead atoms. The summed E-state index contributed by atoms with van der Waals surface area (Å²) in [5.74, 6) is 1.77. The molecule has 0 radical (unpaired) electrons. The molecule has 0 aromatic heterocycles. The van der Waals surface area contributed by atoms with Crippen molar-refractivity contribution in [3.63, 3.8) is 0 Å². The molecule has 156 valence electrons. The molecule has 2 N–H and O–H groups in total. The van der Waals surface area contributed by atoms with Gasteiger partial charge >= 0.3 is 0 Å². The van der Waals surface area contributed by atoms with Crippen LogP contribution in [-0.4, -0.2) is 58.6 Å². The number of nitrogens with one attached hydrogen (secondary N) is 2. The van der Waals surface area contributed by atoms with Crippen molar-refractivity contribution >= 4 is 29.9 Å². The van der Waals surface area contributed by atoms with Gasteiger partial charge < -0.3 is 24.8 Å². The van der Waals surface area contributed by atoms with Gasteiger partial charge in [0.05, 0.1) is 19.3 Å². The number of hydrogen-bond acceptors (Lipinski definition) is 4. The lowest BCUT2D eigenvalue weighted by molar-refractivity contribution is 0.0702. The van der Waals surface area contributed by atoms with Gasteiger partial charge in [0.25, 0.3) is 0 Å². The summed E-state index contributed by atoms with van der Waals surface area (Å²) >= 11 is 0. The molecule has 0 amide bonds. The molecule has 0 spiro atoms. The highest BCUT2D eigenvalue weighted by Crippen LogP contribution is 2.13. The second-order valence-corrected chi connectivity index (χ2v) is 6.21. The van der Waals surface area contributed by atoms with Crippen molar-refractivity contribution in [2.75, 3.05) is 46.6 Å². The predicted molar refractivity (Wildman–Crippen MR) is 123 cm³/mol. The van der Waals surface area contributed by atoms with Gasteiger partial charge in [-0.3, -0.25) is 4.99 Å². The molecule has 6 nitrogen and oxygen atoms in total. The third-order valence-corrected chi connectivity index (χ3v) is 3.49. The van der Waals surface area contributed by atoms with Crippen molar-refractivity contribution in [1.82, 2.24) is 10.6 Å². The zero-order chi connectivity index (χ0) is 19.0. The van der Waals surface area contributed by atoms with E-state index < -0.39 is 0 Å². The van der Waals surface area contributed by atoms with Gasteiger partial charge in [0.1, 0.15) is 5.75 Å². The summed E-state index contributed by atoms with van der Waals surface area (Å²) in [6, 6.07) is 8.28. The van der Waals surface area contributed by atoms with E-state index in [2.05, 4.69) is 34.7 Å². The highest BCUT2D eigenvalue weighted by atomic mass is 127. The van der Waals surface area contributed by atoms with Crippen LogP contribution < -0.4 is 15.4 Å². The van der Waals surface area contributed by atoms with Crippen molar-refractivity contribution in [3.05, 3.63) is 29.8 Å². The Balaban J connectivity index is 0.00000676. The first-order valence-corrected chi connectivity index (χ1v) is 9.50. The maximum Gasteiger partial charge on any atom is 0.191 e. The Morgan fingerprint density at radius 1 is 1.07 bits per heavy atom. The monoisotopic (exact) mass is 493 g/mol. The minimum atomic E-state index is 0. The lowest BCUT2D eigenvalue weighted by Gasteiger charge is -2.12. The zero-order valence-electron chi connectivity index (χ0n) is 17.1. The van der Waals surface area contributed by atoms with E-state index in [0.717, 1.165) is 44.2 Å². The third kappa shape index (κ3) is 13.7. The Bertz CT molecular complexity index is 496. The van der Waals surface area contributed by atoms with Crippen LogP contribution in [0.1, 0.15) is 32.8 Å². The lowest BCUT2D eigenvalue weighted by atomic mass is 10.1. The first-order valence-electron chi connectivity index (χ1n) is 9.50. The number of guanidine groups is 1. The summed E-state index contributed by atoms with van der Waals surface area (Å²) in [5.41, 5.74) is 1.27. The summed E-state index contributed by atoms with van der Waals surface area (Å²) in [4.78, 5) is 4.57. The molecule has 0 aliphatic rings. The van der Waals surface area contributed by atoms with E-state index in [-0.39, 0.29) is 30.1 Å². The number of rotatable bonds is 13. The summed E-state index contributed by atoms with van der Waals surface area (Å²) in [5, 5.41) is 6.64. The molecule has 0 atom stereocenters. The van der Waals surface area contributed by atoms with E-state index in [1.807, 2.05) is 26.0 Å². The first kappa shape index (κ1) is 25.9. The van der Waals surface area contributed by atoms with Crippen molar-refractivity contribution < 1.29 is 14.2 Å². The van der Waals surface area contributed by atoms with Crippen LogP contribution in [0.15, 0.2) is 29.3 Å². The van der Waals surface area contributed by atoms with Crippen LogP contribution in [0.4, 0.5) is 0 Å². The quantitative estimate of drug-likeness (QED) is 0.191. The minimum Gasteiger partial charge on any atom is -0.491 e. The molecule has 0 saturated carbocycles. The second-order valence-electron chi connectivity index (χ2n) is 6.21. The number of methoxy groups -OCH3 is 1. The predicted octanol–water partition coefficient (Wildman–Crippen LogP) is 3.24. The molecule has 1 aromatic rings. The van der Waals surface area contributed by atoms with Gasteiger partial charge in [-0.05, 0) is 51.3 Å². The molecule has 27 heavy (non-hydrogen) atoms. The van der Waals surface area contributed by atoms with E-state index >= 15 is 0 Å². The van der Waals surface area contributed by atoms with E-state index in [1.54, 1.807) is 7.11 Å². The molecule has 1 aromatic carbocycles. The van der Waals surface area contributed by atoms with E-state index in [9.17, 15) is 0 Å². The average molecular weight is 493 g/mol. The van der Waals surface area contributed by atoms with Crippen LogP contribution in [-0.2, 0) is 15.9 Å². The molecule has 0 unspecified atom stereocenters. The summed E-state index contributed by atoms with van der Waals surface area (Å²) in [6.45, 7) is 10.5. The smallest absolute Gasteiger partial charge is 0.191 e. The molecular formula is C20H36IN3O3. The van der Waals surface area contributed by atoms with Gasteiger partial charge in [0, 0.05) is 33.4 Å². The van der Waals surface area contributed by atoms with Crippen LogP contribution in [0.2, 0.25) is 0 Å². The van der Waals surface area contributed by atoms with Gasteiger partial charge in [0.15, 0.2) is 5.96 Å². The number of hydrogen-bond donors (Lipinski definition) is 2. The molecule has 0 heterocycles. The van der Waals surface area contributed by atoms with Crippen LogP contribution in [0.3, 0.4) is 0 Å². The molecule has 0 aliphatic carbocycles. The standard InChI is InChI=1S/C20H35N3O3.HI/c1-5-21-20(22-12-6-14-25-16-15-24-4)23-13-11-18-7-9-19(10-8-18)26-17(2)3;/h7-10,17H,5-6,11-16H2,1-4H3,(H2,21,22,23);1H. The fourth-order valence-electron chi connectivity index (χ4n) is 2.28. The Kier molecular flexibility index (Phi) is 16.4. The summed E-state index contributed by atoms with van der Waals surface area (Å²) in [6.07, 6.45) is 2.04. The fraction of sp³-hybridized carbons (Fsp3) is 0.650. The van der Waals surface area contributed by atoms with Crippen LogP contribution >= 0.6 is 24.0 Å². The fourth-order valence-corrected chi connectivity index (χ4v) is 2.28. The average Bonchev–Trinajstić information content (AvgIpc) is 2.62. The van der Waals surface area contributed by atoms with Crippen LogP contribution in [0, 0.1) is 0 Å². The Hall–Kier alpha value is -1.06. The van der Waals surface area contributed by atoms with Gasteiger partial charge in [-0.25, -0.2) is 0 Å². The summed E-state index contributed by atoms with van der Waals surface area (Å²) in [7, 11) is 1.68. The number of aliphatic imine (C=N–C) groups is 1. The zero-order valence-corrected chi connectivity index (χ0v) is 19.5. The normalized spacial score (nSPS) is 11.2. The van der Waals surface area contributed by atoms with Crippen LogP contribution in [0.5, 0.6) is 5.75 Å². The Labute approximate surface area is 181 Å².